The predicted octanol–water partition coefficient (Wildman–Crippen LogP) is 1.54. The lowest BCUT2D eigenvalue weighted by atomic mass is 10.1. The molecule has 0 saturated carbocycles. The minimum Gasteiger partial charge on any atom is -0.367 e. The van der Waals surface area contributed by atoms with Gasteiger partial charge in [-0.05, 0) is 25.0 Å². The lowest BCUT2D eigenvalue weighted by Crippen LogP contribution is -2.29. The summed E-state index contributed by atoms with van der Waals surface area (Å²) in [6.07, 6.45) is 2.99. The Bertz CT molecular complexity index is 345. The van der Waals surface area contributed by atoms with Crippen LogP contribution in [-0.4, -0.2) is 26.7 Å². The van der Waals surface area contributed by atoms with Gasteiger partial charge in [0.2, 0.25) is 0 Å². The third-order valence-electron chi connectivity index (χ3n) is 2.47. The summed E-state index contributed by atoms with van der Waals surface area (Å²) >= 11 is 0. The van der Waals surface area contributed by atoms with Gasteiger partial charge in [0.15, 0.2) is 0 Å². The zero-order valence-electron chi connectivity index (χ0n) is 8.28. The van der Waals surface area contributed by atoms with Crippen LogP contribution in [0.5, 0.6) is 0 Å². The first-order chi connectivity index (χ1) is 7.24. The minimum atomic E-state index is -0.643. The van der Waals surface area contributed by atoms with Crippen molar-refractivity contribution < 1.29 is 8.60 Å². The summed E-state index contributed by atoms with van der Waals surface area (Å²) in [5.41, 5.74) is 0. The first-order valence-electron chi connectivity index (χ1n) is 4.97. The van der Waals surface area contributed by atoms with E-state index in [9.17, 15) is 8.60 Å². The van der Waals surface area contributed by atoms with Crippen LogP contribution in [0.3, 0.4) is 0 Å². The molecule has 2 heterocycles. The Balaban J connectivity index is 1.91. The third kappa shape index (κ3) is 2.99. The first kappa shape index (κ1) is 10.5. The van der Waals surface area contributed by atoms with E-state index in [1.54, 1.807) is 6.07 Å². The Morgan fingerprint density at radius 3 is 2.73 bits per heavy atom. The Hall–Kier alpha value is -0.970. The molecule has 1 aliphatic heterocycles. The van der Waals surface area contributed by atoms with E-state index in [0.29, 0.717) is 11.9 Å². The fourth-order valence-corrected chi connectivity index (χ4v) is 2.91. The average molecular weight is 228 g/mol. The van der Waals surface area contributed by atoms with Gasteiger partial charge in [0.25, 0.3) is 0 Å². The molecule has 0 aliphatic carbocycles. The van der Waals surface area contributed by atoms with E-state index in [4.69, 9.17) is 0 Å². The predicted molar refractivity (Wildman–Crippen MR) is 58.7 cm³/mol. The van der Waals surface area contributed by atoms with Gasteiger partial charge >= 0.3 is 0 Å². The van der Waals surface area contributed by atoms with E-state index in [0.717, 1.165) is 24.3 Å². The molecule has 1 fully saturated rings. The number of anilines is 1. The molecule has 82 valence electrons. The van der Waals surface area contributed by atoms with Crippen LogP contribution in [0.1, 0.15) is 12.8 Å². The van der Waals surface area contributed by atoms with Gasteiger partial charge in [0.05, 0.1) is 6.20 Å². The van der Waals surface area contributed by atoms with Gasteiger partial charge in [-0.1, -0.05) is 0 Å². The molecule has 0 radical (unpaired) electrons. The molecule has 1 aromatic rings. The smallest absolute Gasteiger partial charge is 0.141 e. The maximum atomic E-state index is 12.6. The normalized spacial score (nSPS) is 26.2. The van der Waals surface area contributed by atoms with E-state index in [1.807, 2.05) is 0 Å². The van der Waals surface area contributed by atoms with Crippen molar-refractivity contribution in [1.82, 2.24) is 4.98 Å². The number of aromatic nitrogens is 1. The molecule has 0 aromatic carbocycles. The Labute approximate surface area is 90.6 Å². The molecule has 1 N–H and O–H groups in total. The fourth-order valence-electron chi connectivity index (χ4n) is 1.61. The summed E-state index contributed by atoms with van der Waals surface area (Å²) in [7, 11) is -0.643. The standard InChI is InChI=1S/C10H13FN2OS/c11-8-1-2-10(12-7-8)13-9-3-5-15(14)6-4-9/h1-2,7,9H,3-6H2,(H,12,13). The van der Waals surface area contributed by atoms with Crippen molar-refractivity contribution >= 4 is 16.6 Å². The molecule has 15 heavy (non-hydrogen) atoms. The highest BCUT2D eigenvalue weighted by Gasteiger charge is 2.17. The second-order valence-electron chi connectivity index (χ2n) is 3.63. The molecule has 3 nitrogen and oxygen atoms in total. The molecule has 0 unspecified atom stereocenters. The zero-order chi connectivity index (χ0) is 10.7. The van der Waals surface area contributed by atoms with Gasteiger partial charge in [-0.2, -0.15) is 0 Å². The molecule has 1 aromatic heterocycles. The average Bonchev–Trinajstić information content (AvgIpc) is 2.25. The molecule has 0 bridgehead atoms. The quantitative estimate of drug-likeness (QED) is 0.835. The van der Waals surface area contributed by atoms with Crippen molar-refractivity contribution in [2.24, 2.45) is 0 Å². The number of nitrogens with one attached hydrogen (secondary N) is 1. The first-order valence-corrected chi connectivity index (χ1v) is 6.46. The summed E-state index contributed by atoms with van der Waals surface area (Å²) in [6, 6.07) is 3.33. The van der Waals surface area contributed by atoms with Crippen molar-refractivity contribution in [3.63, 3.8) is 0 Å². The molecule has 0 amide bonds. The van der Waals surface area contributed by atoms with E-state index < -0.39 is 10.8 Å². The molecule has 2 rings (SSSR count). The second-order valence-corrected chi connectivity index (χ2v) is 5.32. The Morgan fingerprint density at radius 1 is 1.40 bits per heavy atom. The van der Waals surface area contributed by atoms with Crippen LogP contribution >= 0.6 is 0 Å². The van der Waals surface area contributed by atoms with Gasteiger partial charge < -0.3 is 5.32 Å². The molecule has 5 heteroatoms. The SMILES string of the molecule is O=S1CCC(Nc2ccc(F)cn2)CC1. The van der Waals surface area contributed by atoms with Gasteiger partial charge in [-0.25, -0.2) is 9.37 Å². The van der Waals surface area contributed by atoms with Crippen LogP contribution in [0.25, 0.3) is 0 Å². The number of nitrogens with zero attached hydrogens (tertiary/aromatic N) is 1. The highest BCUT2D eigenvalue weighted by atomic mass is 32.2. The molecular weight excluding hydrogens is 215 g/mol. The summed E-state index contributed by atoms with van der Waals surface area (Å²) in [4.78, 5) is 3.93. The number of pyridine rings is 1. The van der Waals surface area contributed by atoms with Gasteiger partial charge in [0, 0.05) is 28.3 Å². The van der Waals surface area contributed by atoms with Gasteiger partial charge in [-0.3, -0.25) is 4.21 Å². The van der Waals surface area contributed by atoms with Crippen LogP contribution < -0.4 is 5.32 Å². The van der Waals surface area contributed by atoms with Crippen LogP contribution in [0.15, 0.2) is 18.3 Å². The fraction of sp³-hybridized carbons (Fsp3) is 0.500. The van der Waals surface area contributed by atoms with E-state index in [-0.39, 0.29) is 5.82 Å². The number of rotatable bonds is 2. The highest BCUT2D eigenvalue weighted by Crippen LogP contribution is 2.14. The molecule has 1 aliphatic rings. The summed E-state index contributed by atoms with van der Waals surface area (Å²) < 4.78 is 23.7. The van der Waals surface area contributed by atoms with Gasteiger partial charge in [-0.15, -0.1) is 0 Å². The van der Waals surface area contributed by atoms with Crippen molar-refractivity contribution in [2.75, 3.05) is 16.8 Å². The lowest BCUT2D eigenvalue weighted by molar-refractivity contribution is 0.614. The Morgan fingerprint density at radius 2 is 2.13 bits per heavy atom. The summed E-state index contributed by atoms with van der Waals surface area (Å²) in [5, 5.41) is 3.22. The van der Waals surface area contributed by atoms with Crippen LogP contribution in [0.4, 0.5) is 10.2 Å². The summed E-state index contributed by atoms with van der Waals surface area (Å²) in [5.74, 6) is 1.86. The zero-order valence-corrected chi connectivity index (χ0v) is 9.10. The number of hydrogen-bond donors (Lipinski definition) is 1. The second kappa shape index (κ2) is 4.70. The van der Waals surface area contributed by atoms with Crippen molar-refractivity contribution in [1.29, 1.82) is 0 Å². The molecule has 1 saturated heterocycles. The van der Waals surface area contributed by atoms with Gasteiger partial charge in [0.1, 0.15) is 11.6 Å². The Kier molecular flexibility index (Phi) is 3.30. The maximum absolute atomic E-state index is 12.6. The minimum absolute atomic E-state index is 0.320. The molecular formula is C10H13FN2OS. The topological polar surface area (TPSA) is 42.0 Å². The van der Waals surface area contributed by atoms with Crippen molar-refractivity contribution in [3.8, 4) is 0 Å². The highest BCUT2D eigenvalue weighted by molar-refractivity contribution is 7.85. The van der Waals surface area contributed by atoms with Crippen molar-refractivity contribution in [2.45, 2.75) is 18.9 Å². The lowest BCUT2D eigenvalue weighted by Gasteiger charge is -2.22. The van der Waals surface area contributed by atoms with E-state index in [2.05, 4.69) is 10.3 Å². The largest absolute Gasteiger partial charge is 0.367 e. The van der Waals surface area contributed by atoms with Crippen LogP contribution in [0.2, 0.25) is 0 Å². The monoisotopic (exact) mass is 228 g/mol. The number of halogens is 1. The van der Waals surface area contributed by atoms with Crippen LogP contribution in [0, 0.1) is 5.82 Å². The molecule has 0 spiro atoms. The maximum Gasteiger partial charge on any atom is 0.141 e. The summed E-state index contributed by atoms with van der Waals surface area (Å²) in [6.45, 7) is 0. The third-order valence-corrected chi connectivity index (χ3v) is 3.85. The van der Waals surface area contributed by atoms with Crippen LogP contribution in [-0.2, 0) is 10.8 Å². The van der Waals surface area contributed by atoms with E-state index in [1.165, 1.54) is 12.3 Å². The van der Waals surface area contributed by atoms with Crippen molar-refractivity contribution in [3.05, 3.63) is 24.1 Å². The molecule has 0 atom stereocenters. The number of hydrogen-bond acceptors (Lipinski definition) is 3. The van der Waals surface area contributed by atoms with E-state index >= 15 is 0 Å².